The first kappa shape index (κ1) is 13.8. The second-order valence-corrected chi connectivity index (χ2v) is 5.47. The van der Waals surface area contributed by atoms with E-state index in [-0.39, 0.29) is 5.38 Å². The molecule has 4 heteroatoms. The van der Waals surface area contributed by atoms with Gasteiger partial charge in [-0.2, -0.15) is 5.10 Å². The smallest absolute Gasteiger partial charge is 0.156 e. The number of rotatable bonds is 4. The van der Waals surface area contributed by atoms with Gasteiger partial charge in [0.1, 0.15) is 0 Å². The number of aromatic nitrogens is 2. The van der Waals surface area contributed by atoms with Gasteiger partial charge < -0.3 is 5.32 Å². The quantitative estimate of drug-likeness (QED) is 0.728. The van der Waals surface area contributed by atoms with Gasteiger partial charge in [0, 0.05) is 17.3 Å². The molecule has 0 saturated carbocycles. The Labute approximate surface area is 129 Å². The van der Waals surface area contributed by atoms with Crippen molar-refractivity contribution in [3.63, 3.8) is 0 Å². The van der Waals surface area contributed by atoms with Crippen molar-refractivity contribution in [3.8, 4) is 0 Å². The third-order valence-electron chi connectivity index (χ3n) is 3.48. The van der Waals surface area contributed by atoms with E-state index in [1.54, 1.807) is 0 Å². The molecule has 3 aromatic rings. The maximum Gasteiger partial charge on any atom is 0.156 e. The molecule has 0 aliphatic heterocycles. The summed E-state index contributed by atoms with van der Waals surface area (Å²) in [6.45, 7) is 2.57. The number of anilines is 1. The van der Waals surface area contributed by atoms with Crippen LogP contribution in [0.15, 0.2) is 54.6 Å². The molecule has 3 rings (SSSR count). The standard InChI is InChI=1S/C17H16ClN3/c1-12-14-9-5-6-10-15(14)17(21-20-12)19-11-16(18)13-7-3-2-4-8-13/h2-10,16H,11H2,1H3,(H,19,21). The van der Waals surface area contributed by atoms with E-state index in [2.05, 4.69) is 21.6 Å². The van der Waals surface area contributed by atoms with E-state index in [4.69, 9.17) is 11.6 Å². The second-order valence-electron chi connectivity index (χ2n) is 4.94. The molecule has 0 aliphatic carbocycles. The molecule has 1 heterocycles. The van der Waals surface area contributed by atoms with Crippen LogP contribution in [0, 0.1) is 6.92 Å². The van der Waals surface area contributed by atoms with E-state index in [9.17, 15) is 0 Å². The largest absolute Gasteiger partial charge is 0.366 e. The average Bonchev–Trinajstić information content (AvgIpc) is 2.55. The van der Waals surface area contributed by atoms with Gasteiger partial charge in [-0.15, -0.1) is 16.7 Å². The zero-order valence-corrected chi connectivity index (χ0v) is 12.5. The van der Waals surface area contributed by atoms with Crippen LogP contribution in [0.2, 0.25) is 0 Å². The molecule has 0 fully saturated rings. The lowest BCUT2D eigenvalue weighted by Gasteiger charge is -2.13. The first-order valence-corrected chi connectivity index (χ1v) is 7.34. The van der Waals surface area contributed by atoms with E-state index in [1.165, 1.54) is 0 Å². The van der Waals surface area contributed by atoms with Crippen LogP contribution in [0.5, 0.6) is 0 Å². The molecule has 21 heavy (non-hydrogen) atoms. The van der Waals surface area contributed by atoms with Crippen LogP contribution in [-0.2, 0) is 0 Å². The van der Waals surface area contributed by atoms with Crippen LogP contribution < -0.4 is 5.32 Å². The van der Waals surface area contributed by atoms with Crippen LogP contribution in [0.3, 0.4) is 0 Å². The third kappa shape index (κ3) is 2.98. The topological polar surface area (TPSA) is 37.8 Å². The minimum Gasteiger partial charge on any atom is -0.366 e. The van der Waals surface area contributed by atoms with Gasteiger partial charge in [-0.3, -0.25) is 0 Å². The number of halogens is 1. The van der Waals surface area contributed by atoms with Crippen molar-refractivity contribution in [2.24, 2.45) is 0 Å². The normalized spacial score (nSPS) is 12.3. The molecule has 1 aromatic heterocycles. The number of hydrogen-bond donors (Lipinski definition) is 1. The molecular formula is C17H16ClN3. The first-order chi connectivity index (χ1) is 10.3. The summed E-state index contributed by atoms with van der Waals surface area (Å²) in [7, 11) is 0. The maximum atomic E-state index is 6.43. The Morgan fingerprint density at radius 1 is 0.952 bits per heavy atom. The molecule has 2 aromatic carbocycles. The van der Waals surface area contributed by atoms with Crippen LogP contribution in [-0.4, -0.2) is 16.7 Å². The summed E-state index contributed by atoms with van der Waals surface area (Å²) >= 11 is 6.43. The summed E-state index contributed by atoms with van der Waals surface area (Å²) in [4.78, 5) is 0. The van der Waals surface area contributed by atoms with Gasteiger partial charge in [-0.05, 0) is 12.5 Å². The van der Waals surface area contributed by atoms with Gasteiger partial charge in [0.15, 0.2) is 5.82 Å². The molecular weight excluding hydrogens is 282 g/mol. The van der Waals surface area contributed by atoms with Crippen LogP contribution in [0.4, 0.5) is 5.82 Å². The van der Waals surface area contributed by atoms with E-state index in [0.29, 0.717) is 6.54 Å². The molecule has 0 amide bonds. The minimum atomic E-state index is -0.104. The van der Waals surface area contributed by atoms with Gasteiger partial charge >= 0.3 is 0 Å². The van der Waals surface area contributed by atoms with E-state index >= 15 is 0 Å². The number of aryl methyl sites for hydroxylation is 1. The molecule has 1 atom stereocenters. The van der Waals surface area contributed by atoms with Crippen molar-refractivity contribution < 1.29 is 0 Å². The summed E-state index contributed by atoms with van der Waals surface area (Å²) in [5.74, 6) is 0.776. The molecule has 0 aliphatic rings. The Morgan fingerprint density at radius 3 is 2.38 bits per heavy atom. The Hall–Kier alpha value is -2.13. The van der Waals surface area contributed by atoms with Crippen molar-refractivity contribution in [2.45, 2.75) is 12.3 Å². The predicted octanol–water partition coefficient (Wildman–Crippen LogP) is 4.33. The number of fused-ring (bicyclic) bond motifs is 1. The van der Waals surface area contributed by atoms with Crippen molar-refractivity contribution in [1.82, 2.24) is 10.2 Å². The number of benzene rings is 2. The average molecular weight is 298 g/mol. The highest BCUT2D eigenvalue weighted by Crippen LogP contribution is 2.25. The van der Waals surface area contributed by atoms with Crippen molar-refractivity contribution in [2.75, 3.05) is 11.9 Å². The fraction of sp³-hybridized carbons (Fsp3) is 0.176. The van der Waals surface area contributed by atoms with Crippen LogP contribution in [0.1, 0.15) is 16.6 Å². The van der Waals surface area contributed by atoms with E-state index in [0.717, 1.165) is 27.8 Å². The fourth-order valence-corrected chi connectivity index (χ4v) is 2.56. The van der Waals surface area contributed by atoms with Gasteiger partial charge in [0.2, 0.25) is 0 Å². The van der Waals surface area contributed by atoms with Gasteiger partial charge in [0.05, 0.1) is 11.1 Å². The summed E-state index contributed by atoms with van der Waals surface area (Å²) in [6, 6.07) is 18.1. The molecule has 1 N–H and O–H groups in total. The summed E-state index contributed by atoms with van der Waals surface area (Å²) < 4.78 is 0. The van der Waals surface area contributed by atoms with Crippen LogP contribution >= 0.6 is 11.6 Å². The second kappa shape index (κ2) is 6.10. The van der Waals surface area contributed by atoms with E-state index < -0.39 is 0 Å². The number of nitrogens with one attached hydrogen (secondary N) is 1. The number of nitrogens with zero attached hydrogens (tertiary/aromatic N) is 2. The highest BCUT2D eigenvalue weighted by Gasteiger charge is 2.10. The lowest BCUT2D eigenvalue weighted by atomic mass is 10.1. The fourth-order valence-electron chi connectivity index (χ4n) is 2.33. The highest BCUT2D eigenvalue weighted by atomic mass is 35.5. The van der Waals surface area contributed by atoms with Gasteiger partial charge in [-0.25, -0.2) is 0 Å². The lowest BCUT2D eigenvalue weighted by molar-refractivity contribution is 0.939. The molecule has 1 unspecified atom stereocenters. The minimum absolute atomic E-state index is 0.104. The molecule has 0 radical (unpaired) electrons. The number of alkyl halides is 1. The Balaban J connectivity index is 1.81. The van der Waals surface area contributed by atoms with Crippen LogP contribution in [0.25, 0.3) is 10.8 Å². The zero-order chi connectivity index (χ0) is 14.7. The predicted molar refractivity (Wildman–Crippen MR) is 87.8 cm³/mol. The Morgan fingerprint density at radius 2 is 1.62 bits per heavy atom. The highest BCUT2D eigenvalue weighted by molar-refractivity contribution is 6.21. The summed E-state index contributed by atoms with van der Waals surface area (Å²) in [5.41, 5.74) is 2.03. The first-order valence-electron chi connectivity index (χ1n) is 6.90. The Kier molecular flexibility index (Phi) is 4.02. The Bertz CT molecular complexity index is 743. The lowest BCUT2D eigenvalue weighted by Crippen LogP contribution is -2.10. The van der Waals surface area contributed by atoms with Crippen molar-refractivity contribution >= 4 is 28.2 Å². The summed E-state index contributed by atoms with van der Waals surface area (Å²) in [5, 5.41) is 13.8. The maximum absolute atomic E-state index is 6.43. The molecule has 0 bridgehead atoms. The monoisotopic (exact) mass is 297 g/mol. The van der Waals surface area contributed by atoms with Gasteiger partial charge in [-0.1, -0.05) is 54.6 Å². The molecule has 0 saturated heterocycles. The van der Waals surface area contributed by atoms with E-state index in [1.807, 2.05) is 55.5 Å². The third-order valence-corrected chi connectivity index (χ3v) is 3.89. The summed E-state index contributed by atoms with van der Waals surface area (Å²) in [6.07, 6.45) is 0. The van der Waals surface area contributed by atoms with Crippen molar-refractivity contribution in [1.29, 1.82) is 0 Å². The van der Waals surface area contributed by atoms with Gasteiger partial charge in [0.25, 0.3) is 0 Å². The van der Waals surface area contributed by atoms with Crippen molar-refractivity contribution in [3.05, 3.63) is 65.9 Å². The zero-order valence-electron chi connectivity index (χ0n) is 11.8. The number of hydrogen-bond acceptors (Lipinski definition) is 3. The molecule has 3 nitrogen and oxygen atoms in total. The SMILES string of the molecule is Cc1nnc(NCC(Cl)c2ccccc2)c2ccccc12. The molecule has 106 valence electrons. The molecule has 0 spiro atoms.